The van der Waals surface area contributed by atoms with Gasteiger partial charge in [-0.25, -0.2) is 9.78 Å². The molecule has 0 aromatic carbocycles. The van der Waals surface area contributed by atoms with E-state index in [1.807, 2.05) is 0 Å². The normalized spacial score (nSPS) is 13.4. The maximum absolute atomic E-state index is 11.5. The summed E-state index contributed by atoms with van der Waals surface area (Å²) in [4.78, 5) is 26.2. The van der Waals surface area contributed by atoms with Crippen molar-refractivity contribution in [2.24, 2.45) is 5.41 Å². The third-order valence-electron chi connectivity index (χ3n) is 2.64. The van der Waals surface area contributed by atoms with Crippen molar-refractivity contribution in [1.29, 1.82) is 0 Å². The zero-order valence-electron chi connectivity index (χ0n) is 10.2. The molecule has 2 amide bonds. The maximum atomic E-state index is 11.5. The predicted molar refractivity (Wildman–Crippen MR) is 62.9 cm³/mol. The van der Waals surface area contributed by atoms with Gasteiger partial charge in [-0.3, -0.25) is 10.1 Å². The lowest BCUT2D eigenvalue weighted by Gasteiger charge is -2.23. The van der Waals surface area contributed by atoms with Gasteiger partial charge in [0.2, 0.25) is 0 Å². The number of aromatic nitrogens is 3. The summed E-state index contributed by atoms with van der Waals surface area (Å²) in [7, 11) is 0. The molecule has 8 heteroatoms. The lowest BCUT2D eigenvalue weighted by Crippen LogP contribution is -2.42. The molecular weight excluding hydrogens is 238 g/mol. The smallest absolute Gasteiger partial charge is 0.321 e. The Morgan fingerprint density at radius 1 is 1.44 bits per heavy atom. The summed E-state index contributed by atoms with van der Waals surface area (Å²) in [6, 6.07) is -0.566. The highest BCUT2D eigenvalue weighted by molar-refractivity contribution is 5.87. The molecule has 8 nitrogen and oxygen atoms in total. The maximum Gasteiger partial charge on any atom is 0.321 e. The molecule has 1 heterocycles. The topological polar surface area (TPSA) is 117 Å². The first-order valence-corrected chi connectivity index (χ1v) is 5.40. The van der Waals surface area contributed by atoms with Crippen LogP contribution in [0, 0.1) is 5.41 Å². The summed E-state index contributed by atoms with van der Waals surface area (Å²) in [6.07, 6.45) is 3.17. The number of carboxylic acid groups (broad SMARTS) is 1. The summed E-state index contributed by atoms with van der Waals surface area (Å²) >= 11 is 0. The fourth-order valence-corrected chi connectivity index (χ4v) is 1.08. The molecule has 1 aromatic rings. The Kier molecular flexibility index (Phi) is 4.52. The van der Waals surface area contributed by atoms with Crippen LogP contribution in [0.5, 0.6) is 0 Å². The lowest BCUT2D eigenvalue weighted by molar-refractivity contribution is -0.147. The summed E-state index contributed by atoms with van der Waals surface area (Å²) in [6.45, 7) is 3.33. The van der Waals surface area contributed by atoms with Crippen LogP contribution in [-0.2, 0) is 4.79 Å². The van der Waals surface area contributed by atoms with Crippen molar-refractivity contribution in [3.63, 3.8) is 0 Å². The van der Waals surface area contributed by atoms with Crippen molar-refractivity contribution < 1.29 is 14.7 Å². The van der Waals surface area contributed by atoms with E-state index in [1.165, 1.54) is 12.4 Å². The van der Waals surface area contributed by atoms with E-state index in [0.29, 0.717) is 6.42 Å². The Morgan fingerprint density at radius 2 is 2.17 bits per heavy atom. The molecule has 0 fully saturated rings. The van der Waals surface area contributed by atoms with Crippen molar-refractivity contribution in [3.8, 4) is 0 Å². The van der Waals surface area contributed by atoms with Gasteiger partial charge in [0.15, 0.2) is 0 Å². The van der Waals surface area contributed by atoms with Gasteiger partial charge in [0.25, 0.3) is 5.95 Å². The van der Waals surface area contributed by atoms with Gasteiger partial charge >= 0.3 is 12.0 Å². The minimum absolute atomic E-state index is 0.0188. The van der Waals surface area contributed by atoms with Crippen molar-refractivity contribution in [3.05, 3.63) is 12.4 Å². The fraction of sp³-hybridized carbons (Fsp3) is 0.500. The van der Waals surface area contributed by atoms with Crippen molar-refractivity contribution >= 4 is 17.9 Å². The Morgan fingerprint density at radius 3 is 2.67 bits per heavy atom. The highest BCUT2D eigenvalue weighted by Gasteiger charge is 2.31. The summed E-state index contributed by atoms with van der Waals surface area (Å²) < 4.78 is 0. The molecule has 0 aliphatic carbocycles. The molecule has 1 unspecified atom stereocenters. The average molecular weight is 253 g/mol. The first kappa shape index (κ1) is 13.8. The molecule has 0 aliphatic rings. The molecule has 0 saturated heterocycles. The predicted octanol–water partition coefficient (Wildman–Crippen LogP) is 0.494. The standard InChI is InChI=1S/C10H15N5O3/c1-3-10(2,7(16)17)6-12-9(18)14-8-11-4-5-13-15-8/h4-5H,3,6H2,1-2H3,(H,16,17)(H2,11,12,14,15,18). The van der Waals surface area contributed by atoms with Gasteiger partial charge in [0.1, 0.15) is 0 Å². The van der Waals surface area contributed by atoms with Crippen LogP contribution in [0.1, 0.15) is 20.3 Å². The number of carbonyl (C=O) groups excluding carboxylic acids is 1. The monoisotopic (exact) mass is 253 g/mol. The molecule has 0 spiro atoms. The number of anilines is 1. The Hall–Kier alpha value is -2.25. The molecule has 1 atom stereocenters. The molecule has 1 rings (SSSR count). The summed E-state index contributed by atoms with van der Waals surface area (Å²) in [5.74, 6) is -0.897. The van der Waals surface area contributed by atoms with Crippen molar-refractivity contribution in [1.82, 2.24) is 20.5 Å². The SMILES string of the molecule is CCC(C)(CNC(=O)Nc1nccnn1)C(=O)O. The van der Waals surface area contributed by atoms with Crippen LogP contribution in [0.4, 0.5) is 10.7 Å². The highest BCUT2D eigenvalue weighted by atomic mass is 16.4. The van der Waals surface area contributed by atoms with E-state index in [2.05, 4.69) is 25.8 Å². The quantitative estimate of drug-likeness (QED) is 0.703. The van der Waals surface area contributed by atoms with Crippen LogP contribution in [0.25, 0.3) is 0 Å². The van der Waals surface area contributed by atoms with Crippen LogP contribution in [-0.4, -0.2) is 38.8 Å². The first-order valence-electron chi connectivity index (χ1n) is 5.40. The second-order valence-electron chi connectivity index (χ2n) is 3.99. The molecule has 0 aliphatic heterocycles. The Balaban J connectivity index is 2.49. The number of carboxylic acids is 1. The molecule has 0 saturated carbocycles. The van der Waals surface area contributed by atoms with Crippen molar-refractivity contribution in [2.75, 3.05) is 11.9 Å². The first-order chi connectivity index (χ1) is 8.48. The molecule has 98 valence electrons. The van der Waals surface area contributed by atoms with E-state index in [0.717, 1.165) is 0 Å². The second-order valence-corrected chi connectivity index (χ2v) is 3.99. The molecule has 3 N–H and O–H groups in total. The minimum Gasteiger partial charge on any atom is -0.481 e. The van der Waals surface area contributed by atoms with E-state index < -0.39 is 17.4 Å². The van der Waals surface area contributed by atoms with Gasteiger partial charge in [-0.1, -0.05) is 6.92 Å². The molecule has 0 bridgehead atoms. The van der Waals surface area contributed by atoms with E-state index in [9.17, 15) is 9.59 Å². The van der Waals surface area contributed by atoms with E-state index in [4.69, 9.17) is 5.11 Å². The summed E-state index contributed by atoms with van der Waals surface area (Å²) in [5, 5.41) is 21.0. The van der Waals surface area contributed by atoms with E-state index in [-0.39, 0.29) is 12.5 Å². The lowest BCUT2D eigenvalue weighted by atomic mass is 9.88. The number of amides is 2. The number of hydrogen-bond donors (Lipinski definition) is 3. The van der Waals surface area contributed by atoms with Gasteiger partial charge in [-0.15, -0.1) is 5.10 Å². The number of urea groups is 1. The molecular formula is C10H15N5O3. The highest BCUT2D eigenvalue weighted by Crippen LogP contribution is 2.19. The fourth-order valence-electron chi connectivity index (χ4n) is 1.08. The number of hydrogen-bond acceptors (Lipinski definition) is 5. The third-order valence-corrected chi connectivity index (χ3v) is 2.64. The number of carbonyl (C=O) groups is 2. The molecule has 18 heavy (non-hydrogen) atoms. The third kappa shape index (κ3) is 3.65. The number of aliphatic carboxylic acids is 1. The largest absolute Gasteiger partial charge is 0.481 e. The van der Waals surface area contributed by atoms with Crippen LogP contribution in [0.3, 0.4) is 0 Å². The van der Waals surface area contributed by atoms with Crippen LogP contribution >= 0.6 is 0 Å². The summed E-state index contributed by atoms with van der Waals surface area (Å²) in [5.41, 5.74) is -0.993. The number of nitrogens with zero attached hydrogens (tertiary/aromatic N) is 3. The van der Waals surface area contributed by atoms with E-state index >= 15 is 0 Å². The van der Waals surface area contributed by atoms with Crippen molar-refractivity contribution in [2.45, 2.75) is 20.3 Å². The number of rotatable bonds is 5. The van der Waals surface area contributed by atoms with Gasteiger partial charge in [-0.2, -0.15) is 5.10 Å². The second kappa shape index (κ2) is 5.89. The zero-order valence-corrected chi connectivity index (χ0v) is 10.2. The van der Waals surface area contributed by atoms with Crippen LogP contribution < -0.4 is 10.6 Å². The minimum atomic E-state index is -0.993. The Labute approximate surface area is 104 Å². The molecule has 0 radical (unpaired) electrons. The van der Waals surface area contributed by atoms with Gasteiger partial charge in [0.05, 0.1) is 17.8 Å². The van der Waals surface area contributed by atoms with E-state index in [1.54, 1.807) is 13.8 Å². The van der Waals surface area contributed by atoms with Gasteiger partial charge in [0, 0.05) is 6.54 Å². The van der Waals surface area contributed by atoms with Crippen LogP contribution in [0.15, 0.2) is 12.4 Å². The number of nitrogens with one attached hydrogen (secondary N) is 2. The van der Waals surface area contributed by atoms with Gasteiger partial charge in [-0.05, 0) is 13.3 Å². The zero-order chi connectivity index (χ0) is 13.6. The van der Waals surface area contributed by atoms with Crippen LogP contribution in [0.2, 0.25) is 0 Å². The Bertz CT molecular complexity index is 425. The average Bonchev–Trinajstić information content (AvgIpc) is 2.37. The van der Waals surface area contributed by atoms with Gasteiger partial charge < -0.3 is 10.4 Å². The molecule has 1 aromatic heterocycles.